The highest BCUT2D eigenvalue weighted by Crippen LogP contribution is 2.23. The monoisotopic (exact) mass is 286 g/mol. The second kappa shape index (κ2) is 8.58. The molecule has 1 N–H and O–H groups in total. The van der Waals surface area contributed by atoms with E-state index in [-0.39, 0.29) is 6.10 Å². The normalized spacial score (nSPS) is 12.4. The van der Waals surface area contributed by atoms with E-state index in [0.717, 1.165) is 37.7 Å². The Morgan fingerprint density at radius 3 is 2.61 bits per heavy atom. The van der Waals surface area contributed by atoms with Crippen LogP contribution in [0.3, 0.4) is 0 Å². The van der Waals surface area contributed by atoms with Gasteiger partial charge in [0.2, 0.25) is 0 Å². The van der Waals surface area contributed by atoms with E-state index >= 15 is 0 Å². The van der Waals surface area contributed by atoms with Crippen molar-refractivity contribution in [3.8, 4) is 0 Å². The van der Waals surface area contributed by atoms with Gasteiger partial charge in [-0.1, -0.05) is 48.2 Å². The molecule has 0 saturated heterocycles. The molecular weight excluding hydrogens is 267 g/mol. The van der Waals surface area contributed by atoms with Crippen molar-refractivity contribution in [3.63, 3.8) is 0 Å². The van der Waals surface area contributed by atoms with Crippen LogP contribution in [0.15, 0.2) is 30.9 Å². The van der Waals surface area contributed by atoms with Crippen molar-refractivity contribution in [2.75, 3.05) is 0 Å². The predicted octanol–water partition coefficient (Wildman–Crippen LogP) is 5.03. The third kappa shape index (κ3) is 5.90. The summed E-state index contributed by atoms with van der Waals surface area (Å²) >= 11 is 11.8. The van der Waals surface area contributed by atoms with E-state index in [0.29, 0.717) is 16.5 Å². The molecule has 1 atom stereocenters. The Bertz CT molecular complexity index is 377. The van der Waals surface area contributed by atoms with Crippen molar-refractivity contribution in [3.05, 3.63) is 46.5 Å². The summed E-state index contributed by atoms with van der Waals surface area (Å²) in [6, 6.07) is 5.51. The molecule has 0 fully saturated rings. The Balaban J connectivity index is 2.28. The number of rotatable bonds is 8. The van der Waals surface area contributed by atoms with Crippen LogP contribution < -0.4 is 0 Å². The molecule has 0 saturated carbocycles. The summed E-state index contributed by atoms with van der Waals surface area (Å²) < 4.78 is 0. The smallest absolute Gasteiger partial charge is 0.0595 e. The van der Waals surface area contributed by atoms with Crippen molar-refractivity contribution in [1.29, 1.82) is 0 Å². The zero-order chi connectivity index (χ0) is 13.4. The van der Waals surface area contributed by atoms with Crippen LogP contribution in [0.4, 0.5) is 0 Å². The Kier molecular flexibility index (Phi) is 7.41. The van der Waals surface area contributed by atoms with Crippen molar-refractivity contribution < 1.29 is 5.11 Å². The summed E-state index contributed by atoms with van der Waals surface area (Å²) in [5, 5.41) is 11.0. The fraction of sp³-hybridized carbons (Fsp3) is 0.467. The molecule has 0 radical (unpaired) electrons. The highest BCUT2D eigenvalue weighted by molar-refractivity contribution is 6.42. The zero-order valence-corrected chi connectivity index (χ0v) is 12.1. The summed E-state index contributed by atoms with van der Waals surface area (Å²) in [6.45, 7) is 3.69. The van der Waals surface area contributed by atoms with Gasteiger partial charge in [0, 0.05) is 0 Å². The molecule has 0 spiro atoms. The molecule has 0 bridgehead atoms. The van der Waals surface area contributed by atoms with Crippen molar-refractivity contribution >= 4 is 23.2 Å². The first-order valence-electron chi connectivity index (χ1n) is 6.36. The van der Waals surface area contributed by atoms with Gasteiger partial charge < -0.3 is 5.11 Å². The highest BCUT2D eigenvalue weighted by Gasteiger charge is 2.07. The van der Waals surface area contributed by atoms with Gasteiger partial charge in [-0.15, -0.1) is 6.58 Å². The number of benzene rings is 1. The van der Waals surface area contributed by atoms with Gasteiger partial charge in [-0.3, -0.25) is 0 Å². The molecule has 0 amide bonds. The molecule has 1 aromatic rings. The average molecular weight is 287 g/mol. The topological polar surface area (TPSA) is 20.2 Å². The Labute approximate surface area is 119 Å². The van der Waals surface area contributed by atoms with Crippen molar-refractivity contribution in [1.82, 2.24) is 0 Å². The molecule has 100 valence electrons. The standard InChI is InChI=1S/C15H20Cl2O/c1-2-3-4-5-6-7-13(18)10-12-8-9-14(16)15(17)11-12/h2,8-9,11,13,18H,1,3-7,10H2. The Morgan fingerprint density at radius 2 is 1.94 bits per heavy atom. The SMILES string of the molecule is C=CCCCCCC(O)Cc1ccc(Cl)c(Cl)c1. The van der Waals surface area contributed by atoms with Gasteiger partial charge in [0.25, 0.3) is 0 Å². The van der Waals surface area contributed by atoms with Crippen LogP contribution >= 0.6 is 23.2 Å². The van der Waals surface area contributed by atoms with Gasteiger partial charge in [0.1, 0.15) is 0 Å². The van der Waals surface area contributed by atoms with Gasteiger partial charge in [0.05, 0.1) is 16.1 Å². The maximum Gasteiger partial charge on any atom is 0.0595 e. The van der Waals surface area contributed by atoms with Crippen LogP contribution in [0.5, 0.6) is 0 Å². The molecule has 1 nitrogen and oxygen atoms in total. The minimum absolute atomic E-state index is 0.300. The van der Waals surface area contributed by atoms with E-state index in [9.17, 15) is 5.11 Å². The fourth-order valence-corrected chi connectivity index (χ4v) is 2.21. The van der Waals surface area contributed by atoms with Crippen molar-refractivity contribution in [2.24, 2.45) is 0 Å². The summed E-state index contributed by atoms with van der Waals surface area (Å²) in [4.78, 5) is 0. The molecule has 0 aliphatic rings. The lowest BCUT2D eigenvalue weighted by Crippen LogP contribution is -2.10. The number of unbranched alkanes of at least 4 members (excludes halogenated alkanes) is 3. The van der Waals surface area contributed by atoms with Crippen LogP contribution in [0.1, 0.15) is 37.7 Å². The van der Waals surface area contributed by atoms with Gasteiger partial charge in [-0.2, -0.15) is 0 Å². The minimum Gasteiger partial charge on any atom is -0.393 e. The van der Waals surface area contributed by atoms with Crippen LogP contribution in [0.25, 0.3) is 0 Å². The molecule has 0 aliphatic carbocycles. The van der Waals surface area contributed by atoms with Crippen LogP contribution in [0.2, 0.25) is 10.0 Å². The Morgan fingerprint density at radius 1 is 1.17 bits per heavy atom. The number of aliphatic hydroxyl groups is 1. The summed E-state index contributed by atoms with van der Waals surface area (Å²) in [6.07, 6.45) is 7.51. The molecule has 1 rings (SSSR count). The van der Waals surface area contributed by atoms with E-state index < -0.39 is 0 Å². The number of halogens is 2. The molecule has 1 aromatic carbocycles. The summed E-state index contributed by atoms with van der Waals surface area (Å²) in [5.74, 6) is 0. The first kappa shape index (κ1) is 15.6. The predicted molar refractivity (Wildman–Crippen MR) is 79.5 cm³/mol. The fourth-order valence-electron chi connectivity index (χ4n) is 1.89. The van der Waals surface area contributed by atoms with E-state index in [2.05, 4.69) is 6.58 Å². The van der Waals surface area contributed by atoms with Gasteiger partial charge in [-0.25, -0.2) is 0 Å². The first-order valence-corrected chi connectivity index (χ1v) is 7.12. The average Bonchev–Trinajstić information content (AvgIpc) is 2.34. The quantitative estimate of drug-likeness (QED) is 0.525. The maximum absolute atomic E-state index is 9.92. The van der Waals surface area contributed by atoms with Gasteiger partial charge >= 0.3 is 0 Å². The lowest BCUT2D eigenvalue weighted by atomic mass is 10.0. The second-order valence-corrected chi connectivity index (χ2v) is 5.35. The number of hydrogen-bond acceptors (Lipinski definition) is 1. The largest absolute Gasteiger partial charge is 0.393 e. The van der Waals surface area contributed by atoms with E-state index in [4.69, 9.17) is 23.2 Å². The molecule has 1 unspecified atom stereocenters. The minimum atomic E-state index is -0.300. The molecule has 0 aromatic heterocycles. The lowest BCUT2D eigenvalue weighted by molar-refractivity contribution is 0.161. The van der Waals surface area contributed by atoms with Crippen LogP contribution in [-0.2, 0) is 6.42 Å². The molecule has 0 aliphatic heterocycles. The second-order valence-electron chi connectivity index (χ2n) is 4.53. The third-order valence-electron chi connectivity index (χ3n) is 2.90. The number of aliphatic hydroxyl groups excluding tert-OH is 1. The van der Waals surface area contributed by atoms with Gasteiger partial charge in [0.15, 0.2) is 0 Å². The molecular formula is C15H20Cl2O. The Hall–Kier alpha value is -0.500. The van der Waals surface area contributed by atoms with Gasteiger partial charge in [-0.05, 0) is 43.4 Å². The zero-order valence-electron chi connectivity index (χ0n) is 10.5. The van der Waals surface area contributed by atoms with Crippen LogP contribution in [0, 0.1) is 0 Å². The maximum atomic E-state index is 9.92. The molecule has 3 heteroatoms. The van der Waals surface area contributed by atoms with Crippen LogP contribution in [-0.4, -0.2) is 11.2 Å². The van der Waals surface area contributed by atoms with E-state index in [1.807, 2.05) is 18.2 Å². The summed E-state index contributed by atoms with van der Waals surface area (Å²) in [5.41, 5.74) is 1.03. The molecule has 18 heavy (non-hydrogen) atoms. The number of allylic oxidation sites excluding steroid dienone is 1. The van der Waals surface area contributed by atoms with Crippen molar-refractivity contribution in [2.45, 2.75) is 44.6 Å². The highest BCUT2D eigenvalue weighted by atomic mass is 35.5. The summed E-state index contributed by atoms with van der Waals surface area (Å²) in [7, 11) is 0. The molecule has 0 heterocycles. The first-order chi connectivity index (χ1) is 8.63. The lowest BCUT2D eigenvalue weighted by Gasteiger charge is -2.11. The third-order valence-corrected chi connectivity index (χ3v) is 3.64. The number of hydrogen-bond donors (Lipinski definition) is 1. The van der Waals surface area contributed by atoms with E-state index in [1.165, 1.54) is 0 Å². The van der Waals surface area contributed by atoms with E-state index in [1.54, 1.807) is 6.07 Å².